The number of halogens is 1. The van der Waals surface area contributed by atoms with Gasteiger partial charge in [-0.1, -0.05) is 26.0 Å². The van der Waals surface area contributed by atoms with Crippen molar-refractivity contribution in [1.82, 2.24) is 0 Å². The van der Waals surface area contributed by atoms with Gasteiger partial charge < -0.3 is 0 Å². The van der Waals surface area contributed by atoms with E-state index in [1.54, 1.807) is 0 Å². The molecule has 0 radical (unpaired) electrons. The summed E-state index contributed by atoms with van der Waals surface area (Å²) in [6.07, 6.45) is 9.97. The standard InChI is InChI=1S/C12H21Cl/c1-10(2)12-7-5-11(6-8-12)4-3-9-13/h3-4,10-12H,5-9H2,1-2H3/b4-3+. The van der Waals surface area contributed by atoms with Crippen LogP contribution in [-0.4, -0.2) is 5.88 Å². The van der Waals surface area contributed by atoms with Crippen LogP contribution in [0, 0.1) is 17.8 Å². The van der Waals surface area contributed by atoms with Gasteiger partial charge in [0.2, 0.25) is 0 Å². The Balaban J connectivity index is 2.26. The lowest BCUT2D eigenvalue weighted by atomic mass is 9.77. The molecule has 0 spiro atoms. The Bertz CT molecular complexity index is 153. The fourth-order valence-corrected chi connectivity index (χ4v) is 2.35. The zero-order chi connectivity index (χ0) is 9.68. The predicted molar refractivity (Wildman–Crippen MR) is 60.1 cm³/mol. The highest BCUT2D eigenvalue weighted by atomic mass is 35.5. The summed E-state index contributed by atoms with van der Waals surface area (Å²) >= 11 is 5.61. The maximum Gasteiger partial charge on any atom is 0.0404 e. The fraction of sp³-hybridized carbons (Fsp3) is 0.833. The van der Waals surface area contributed by atoms with E-state index in [-0.39, 0.29) is 0 Å². The van der Waals surface area contributed by atoms with Crippen molar-refractivity contribution in [2.45, 2.75) is 39.5 Å². The average molecular weight is 201 g/mol. The van der Waals surface area contributed by atoms with Crippen molar-refractivity contribution >= 4 is 11.6 Å². The van der Waals surface area contributed by atoms with Gasteiger partial charge in [0.25, 0.3) is 0 Å². The van der Waals surface area contributed by atoms with E-state index in [9.17, 15) is 0 Å². The van der Waals surface area contributed by atoms with Crippen LogP contribution in [0.15, 0.2) is 12.2 Å². The Morgan fingerprint density at radius 3 is 2.31 bits per heavy atom. The zero-order valence-corrected chi connectivity index (χ0v) is 9.56. The number of alkyl halides is 1. The molecular weight excluding hydrogens is 180 g/mol. The molecule has 76 valence electrons. The zero-order valence-electron chi connectivity index (χ0n) is 8.80. The molecule has 13 heavy (non-hydrogen) atoms. The summed E-state index contributed by atoms with van der Waals surface area (Å²) in [7, 11) is 0. The van der Waals surface area contributed by atoms with Gasteiger partial charge in [-0.3, -0.25) is 0 Å². The van der Waals surface area contributed by atoms with E-state index in [0.29, 0.717) is 5.88 Å². The molecule has 1 rings (SSSR count). The van der Waals surface area contributed by atoms with Gasteiger partial charge in [0.15, 0.2) is 0 Å². The van der Waals surface area contributed by atoms with Crippen molar-refractivity contribution in [1.29, 1.82) is 0 Å². The average Bonchev–Trinajstić information content (AvgIpc) is 2.15. The molecule has 0 unspecified atom stereocenters. The number of rotatable bonds is 3. The van der Waals surface area contributed by atoms with Crippen LogP contribution in [0.1, 0.15) is 39.5 Å². The van der Waals surface area contributed by atoms with Crippen LogP contribution in [0.4, 0.5) is 0 Å². The summed E-state index contributed by atoms with van der Waals surface area (Å²) in [6.45, 7) is 4.69. The van der Waals surface area contributed by atoms with Gasteiger partial charge >= 0.3 is 0 Å². The van der Waals surface area contributed by atoms with Crippen LogP contribution in [0.25, 0.3) is 0 Å². The summed E-state index contributed by atoms with van der Waals surface area (Å²) < 4.78 is 0. The molecule has 0 N–H and O–H groups in total. The topological polar surface area (TPSA) is 0 Å². The van der Waals surface area contributed by atoms with Crippen molar-refractivity contribution in [3.05, 3.63) is 12.2 Å². The smallest absolute Gasteiger partial charge is 0.0404 e. The van der Waals surface area contributed by atoms with Crippen molar-refractivity contribution in [3.8, 4) is 0 Å². The summed E-state index contributed by atoms with van der Waals surface area (Å²) in [6, 6.07) is 0. The third-order valence-electron chi connectivity index (χ3n) is 3.26. The Labute approximate surface area is 87.4 Å². The minimum Gasteiger partial charge on any atom is -0.122 e. The summed E-state index contributed by atoms with van der Waals surface area (Å²) in [5, 5.41) is 0. The molecule has 1 aliphatic rings. The maximum atomic E-state index is 5.61. The molecule has 0 atom stereocenters. The van der Waals surface area contributed by atoms with Crippen molar-refractivity contribution in [3.63, 3.8) is 0 Å². The van der Waals surface area contributed by atoms with E-state index in [0.717, 1.165) is 17.8 Å². The molecule has 0 aromatic carbocycles. The molecule has 0 heterocycles. The van der Waals surface area contributed by atoms with Crippen LogP contribution < -0.4 is 0 Å². The largest absolute Gasteiger partial charge is 0.122 e. The van der Waals surface area contributed by atoms with E-state index in [4.69, 9.17) is 11.6 Å². The van der Waals surface area contributed by atoms with Crippen LogP contribution >= 0.6 is 11.6 Å². The Morgan fingerprint density at radius 2 is 1.85 bits per heavy atom. The second-order valence-corrected chi connectivity index (χ2v) is 4.81. The third-order valence-corrected chi connectivity index (χ3v) is 3.43. The highest BCUT2D eigenvalue weighted by Gasteiger charge is 2.21. The third kappa shape index (κ3) is 3.72. The first-order valence-corrected chi connectivity index (χ1v) is 6.00. The van der Waals surface area contributed by atoms with Gasteiger partial charge in [-0.2, -0.15) is 0 Å². The molecule has 0 aromatic rings. The minimum absolute atomic E-state index is 0.671. The highest BCUT2D eigenvalue weighted by Crippen LogP contribution is 2.33. The summed E-state index contributed by atoms with van der Waals surface area (Å²) in [4.78, 5) is 0. The molecule has 1 aliphatic carbocycles. The van der Waals surface area contributed by atoms with Gasteiger partial charge in [-0.05, 0) is 43.4 Å². The van der Waals surface area contributed by atoms with Gasteiger partial charge in [0, 0.05) is 5.88 Å². The van der Waals surface area contributed by atoms with Gasteiger partial charge in [-0.25, -0.2) is 0 Å². The lowest BCUT2D eigenvalue weighted by Gasteiger charge is -2.29. The van der Waals surface area contributed by atoms with Crippen molar-refractivity contribution in [2.24, 2.45) is 17.8 Å². The molecule has 0 aliphatic heterocycles. The minimum atomic E-state index is 0.671. The molecule has 1 heteroatoms. The first-order chi connectivity index (χ1) is 6.24. The monoisotopic (exact) mass is 200 g/mol. The number of allylic oxidation sites excluding steroid dienone is 2. The summed E-state index contributed by atoms with van der Waals surface area (Å²) in [5.41, 5.74) is 0. The van der Waals surface area contributed by atoms with Crippen molar-refractivity contribution < 1.29 is 0 Å². The number of hydrogen-bond donors (Lipinski definition) is 0. The maximum absolute atomic E-state index is 5.61. The Morgan fingerprint density at radius 1 is 1.23 bits per heavy atom. The highest BCUT2D eigenvalue weighted by molar-refractivity contribution is 6.18. The molecule has 0 aromatic heterocycles. The molecule has 0 bridgehead atoms. The second-order valence-electron chi connectivity index (χ2n) is 4.50. The van der Waals surface area contributed by atoms with E-state index in [2.05, 4.69) is 26.0 Å². The van der Waals surface area contributed by atoms with E-state index in [1.807, 2.05) is 0 Å². The molecule has 1 saturated carbocycles. The molecule has 0 saturated heterocycles. The first-order valence-electron chi connectivity index (χ1n) is 5.46. The molecular formula is C12H21Cl. The molecule has 0 amide bonds. The summed E-state index contributed by atoms with van der Waals surface area (Å²) in [5.74, 6) is 3.33. The van der Waals surface area contributed by atoms with Gasteiger partial charge in [0.1, 0.15) is 0 Å². The van der Waals surface area contributed by atoms with Gasteiger partial charge in [-0.15, -0.1) is 11.6 Å². The number of hydrogen-bond acceptors (Lipinski definition) is 0. The van der Waals surface area contributed by atoms with E-state index >= 15 is 0 Å². The fourth-order valence-electron chi connectivity index (χ4n) is 2.25. The SMILES string of the molecule is CC(C)C1CCC(/C=C/CCl)CC1. The normalized spacial score (nSPS) is 30.2. The lowest BCUT2D eigenvalue weighted by Crippen LogP contribution is -2.17. The van der Waals surface area contributed by atoms with Crippen LogP contribution in [-0.2, 0) is 0 Å². The van der Waals surface area contributed by atoms with Crippen molar-refractivity contribution in [2.75, 3.05) is 5.88 Å². The Hall–Kier alpha value is 0.0300. The van der Waals surface area contributed by atoms with E-state index < -0.39 is 0 Å². The first kappa shape index (κ1) is 11.1. The van der Waals surface area contributed by atoms with Crippen LogP contribution in [0.3, 0.4) is 0 Å². The molecule has 1 fully saturated rings. The van der Waals surface area contributed by atoms with E-state index in [1.165, 1.54) is 25.7 Å². The van der Waals surface area contributed by atoms with Gasteiger partial charge in [0.05, 0.1) is 0 Å². The predicted octanol–water partition coefficient (Wildman–Crippen LogP) is 4.24. The Kier molecular flexibility index (Phi) is 4.87. The quantitative estimate of drug-likeness (QED) is 0.472. The van der Waals surface area contributed by atoms with Crippen LogP contribution in [0.2, 0.25) is 0 Å². The lowest BCUT2D eigenvalue weighted by molar-refractivity contribution is 0.248. The van der Waals surface area contributed by atoms with Crippen LogP contribution in [0.5, 0.6) is 0 Å². The second kappa shape index (κ2) is 5.70. The molecule has 0 nitrogen and oxygen atoms in total.